The van der Waals surface area contributed by atoms with Gasteiger partial charge >= 0.3 is 18.0 Å². The number of carbonyl (C=O) groups is 4. The molecule has 128 valence electrons. The van der Waals surface area contributed by atoms with Crippen molar-refractivity contribution < 1.29 is 33.8 Å². The van der Waals surface area contributed by atoms with Crippen molar-refractivity contribution >= 4 is 23.8 Å². The molecule has 0 aromatic heterocycles. The Labute approximate surface area is 137 Å². The van der Waals surface area contributed by atoms with Crippen molar-refractivity contribution in [2.45, 2.75) is 32.1 Å². The number of hydrogen-bond donors (Lipinski definition) is 2. The van der Waals surface area contributed by atoms with E-state index in [2.05, 4.69) is 0 Å². The number of cyclic esters (lactones) is 2. The quantitative estimate of drug-likeness (QED) is 0.605. The van der Waals surface area contributed by atoms with E-state index in [1.54, 1.807) is 30.3 Å². The Morgan fingerprint density at radius 2 is 1.71 bits per heavy atom. The van der Waals surface area contributed by atoms with Crippen LogP contribution in [0, 0.1) is 5.92 Å². The zero-order valence-electron chi connectivity index (χ0n) is 13.1. The lowest BCUT2D eigenvalue weighted by Gasteiger charge is -2.33. The minimum atomic E-state index is -1.81. The van der Waals surface area contributed by atoms with Gasteiger partial charge in [0, 0.05) is 13.8 Å². The van der Waals surface area contributed by atoms with E-state index in [4.69, 9.17) is 14.6 Å². The first-order chi connectivity index (χ1) is 11.2. The summed E-state index contributed by atoms with van der Waals surface area (Å²) in [6.45, 7) is 2.72. The summed E-state index contributed by atoms with van der Waals surface area (Å²) >= 11 is 0. The molecule has 0 spiro atoms. The second kappa shape index (κ2) is 6.69. The number of benzene rings is 1. The van der Waals surface area contributed by atoms with E-state index < -0.39 is 41.6 Å². The predicted molar refractivity (Wildman–Crippen MR) is 79.9 cm³/mol. The van der Waals surface area contributed by atoms with Crippen molar-refractivity contribution in [3.05, 3.63) is 35.9 Å². The Kier molecular flexibility index (Phi) is 4.87. The fourth-order valence-corrected chi connectivity index (χ4v) is 2.37. The van der Waals surface area contributed by atoms with Crippen LogP contribution in [-0.4, -0.2) is 40.8 Å². The number of amides is 1. The minimum Gasteiger partial charge on any atom is -0.465 e. The molecule has 1 aromatic rings. The molecule has 1 heterocycles. The zero-order chi connectivity index (χ0) is 17.9. The molecule has 1 amide bonds. The van der Waals surface area contributed by atoms with Crippen molar-refractivity contribution in [2.24, 2.45) is 5.92 Å². The second-order valence-corrected chi connectivity index (χ2v) is 5.77. The molecule has 0 aliphatic carbocycles. The van der Waals surface area contributed by atoms with Crippen molar-refractivity contribution in [1.29, 1.82) is 0 Å². The fourth-order valence-electron chi connectivity index (χ4n) is 2.37. The lowest BCUT2D eigenvalue weighted by Crippen LogP contribution is -2.54. The topological polar surface area (TPSA) is 119 Å². The lowest BCUT2D eigenvalue weighted by molar-refractivity contribution is -0.238. The Balaban J connectivity index is 2.22. The largest absolute Gasteiger partial charge is 0.465 e. The summed E-state index contributed by atoms with van der Waals surface area (Å²) in [6, 6.07) is 7.33. The number of ether oxygens (including phenoxy) is 2. The van der Waals surface area contributed by atoms with Crippen LogP contribution in [0.25, 0.3) is 0 Å². The molecule has 8 heteroatoms. The van der Waals surface area contributed by atoms with Gasteiger partial charge in [-0.1, -0.05) is 30.3 Å². The number of hydrogen-bond acceptors (Lipinski definition) is 6. The summed E-state index contributed by atoms with van der Waals surface area (Å²) in [5.41, 5.74) is 0.669. The number of ketones is 1. The molecule has 1 aromatic carbocycles. The molecular weight excluding hydrogens is 318 g/mol. The van der Waals surface area contributed by atoms with E-state index in [1.807, 2.05) is 5.32 Å². The van der Waals surface area contributed by atoms with Crippen molar-refractivity contribution in [2.75, 3.05) is 0 Å². The van der Waals surface area contributed by atoms with Crippen LogP contribution in [0.1, 0.15) is 19.4 Å². The molecule has 1 fully saturated rings. The molecular formula is C16H17NO7. The summed E-state index contributed by atoms with van der Waals surface area (Å²) in [6.07, 6.45) is -1.45. The Hall–Kier alpha value is -2.90. The molecule has 0 unspecified atom stereocenters. The summed E-state index contributed by atoms with van der Waals surface area (Å²) in [4.78, 5) is 47.5. The monoisotopic (exact) mass is 335 g/mol. The third-order valence-electron chi connectivity index (χ3n) is 3.37. The van der Waals surface area contributed by atoms with E-state index in [0.717, 1.165) is 0 Å². The van der Waals surface area contributed by atoms with Crippen LogP contribution in [-0.2, 0) is 30.3 Å². The molecule has 1 atom stereocenters. The van der Waals surface area contributed by atoms with E-state index in [0.29, 0.717) is 5.56 Å². The number of carboxylic acid groups (broad SMARTS) is 1. The maximum atomic E-state index is 12.5. The van der Waals surface area contributed by atoms with Crippen LogP contribution < -0.4 is 5.32 Å². The first kappa shape index (κ1) is 17.5. The summed E-state index contributed by atoms with van der Waals surface area (Å²) in [5, 5.41) is 11.0. The van der Waals surface area contributed by atoms with E-state index in [-0.39, 0.29) is 6.42 Å². The molecule has 0 bridgehead atoms. The third kappa shape index (κ3) is 4.09. The van der Waals surface area contributed by atoms with Gasteiger partial charge in [0.15, 0.2) is 5.78 Å². The molecule has 8 nitrogen and oxygen atoms in total. The maximum absolute atomic E-state index is 12.5. The van der Waals surface area contributed by atoms with Gasteiger partial charge < -0.3 is 19.9 Å². The van der Waals surface area contributed by atoms with Gasteiger partial charge in [0.2, 0.25) is 5.92 Å². The summed E-state index contributed by atoms with van der Waals surface area (Å²) in [5.74, 6) is -6.27. The molecule has 24 heavy (non-hydrogen) atoms. The van der Waals surface area contributed by atoms with Gasteiger partial charge in [-0.25, -0.2) is 4.79 Å². The van der Waals surface area contributed by atoms with Crippen LogP contribution in [0.4, 0.5) is 4.79 Å². The molecule has 1 aliphatic rings. The molecule has 0 saturated carbocycles. The molecule has 1 aliphatic heterocycles. The molecule has 2 N–H and O–H groups in total. The smallest absolute Gasteiger partial charge is 0.405 e. The number of Topliss-reactive ketones (excluding diaryl/α,β-unsaturated/α-hetero) is 1. The first-order valence-electron chi connectivity index (χ1n) is 7.22. The summed E-state index contributed by atoms with van der Waals surface area (Å²) < 4.78 is 9.81. The van der Waals surface area contributed by atoms with E-state index >= 15 is 0 Å². The number of esters is 2. The first-order valence-corrected chi connectivity index (χ1v) is 7.22. The highest BCUT2D eigenvalue weighted by atomic mass is 16.7. The van der Waals surface area contributed by atoms with E-state index in [9.17, 15) is 19.2 Å². The standard InChI is InChI=1S/C16H17NO7/c1-16(2)23-13(19)11(14(20)24-16)12(18)10(17-15(21)22)8-9-6-4-3-5-7-9/h3-7,10-11,17H,8H2,1-2H3,(H,21,22)/t10-/m0/s1. The molecule has 0 radical (unpaired) electrons. The van der Waals surface area contributed by atoms with Crippen LogP contribution in [0.2, 0.25) is 0 Å². The fraction of sp³-hybridized carbons (Fsp3) is 0.375. The number of nitrogens with one attached hydrogen (secondary N) is 1. The molecule has 2 rings (SSSR count). The van der Waals surface area contributed by atoms with E-state index in [1.165, 1.54) is 13.8 Å². The zero-order valence-corrected chi connectivity index (χ0v) is 13.1. The normalized spacial score (nSPS) is 18.2. The highest BCUT2D eigenvalue weighted by Crippen LogP contribution is 2.25. The number of carbonyl (C=O) groups excluding carboxylic acids is 3. The highest BCUT2D eigenvalue weighted by molar-refractivity contribution is 6.17. The van der Waals surface area contributed by atoms with Gasteiger partial charge in [-0.3, -0.25) is 14.4 Å². The van der Waals surface area contributed by atoms with Gasteiger partial charge in [0.25, 0.3) is 5.79 Å². The Morgan fingerprint density at radius 3 is 2.21 bits per heavy atom. The SMILES string of the molecule is CC1(C)OC(=O)C(C(=O)[C@H](Cc2ccccc2)NC(=O)O)C(=O)O1. The Bertz CT molecular complexity index is 648. The van der Waals surface area contributed by atoms with Crippen LogP contribution >= 0.6 is 0 Å². The van der Waals surface area contributed by atoms with Gasteiger partial charge in [-0.15, -0.1) is 0 Å². The second-order valence-electron chi connectivity index (χ2n) is 5.77. The van der Waals surface area contributed by atoms with Gasteiger partial charge in [-0.05, 0) is 12.0 Å². The van der Waals surface area contributed by atoms with Crippen LogP contribution in [0.5, 0.6) is 0 Å². The minimum absolute atomic E-state index is 0.00751. The predicted octanol–water partition coefficient (Wildman–Crippen LogP) is 0.887. The van der Waals surface area contributed by atoms with Gasteiger partial charge in [0.05, 0.1) is 6.04 Å². The van der Waals surface area contributed by atoms with Crippen molar-refractivity contribution in [3.8, 4) is 0 Å². The average Bonchev–Trinajstić information content (AvgIpc) is 2.45. The number of rotatable bonds is 5. The van der Waals surface area contributed by atoms with Gasteiger partial charge in [-0.2, -0.15) is 0 Å². The van der Waals surface area contributed by atoms with Crippen LogP contribution in [0.3, 0.4) is 0 Å². The third-order valence-corrected chi connectivity index (χ3v) is 3.37. The Morgan fingerprint density at radius 1 is 1.17 bits per heavy atom. The maximum Gasteiger partial charge on any atom is 0.405 e. The van der Waals surface area contributed by atoms with Gasteiger partial charge in [0.1, 0.15) is 0 Å². The highest BCUT2D eigenvalue weighted by Gasteiger charge is 2.49. The van der Waals surface area contributed by atoms with Crippen molar-refractivity contribution in [1.82, 2.24) is 5.32 Å². The average molecular weight is 335 g/mol. The summed E-state index contributed by atoms with van der Waals surface area (Å²) in [7, 11) is 0. The molecule has 1 saturated heterocycles. The van der Waals surface area contributed by atoms with Crippen molar-refractivity contribution in [3.63, 3.8) is 0 Å². The lowest BCUT2D eigenvalue weighted by atomic mass is 9.92. The van der Waals surface area contributed by atoms with Crippen LogP contribution in [0.15, 0.2) is 30.3 Å².